The van der Waals surface area contributed by atoms with E-state index in [1.54, 1.807) is 0 Å². The van der Waals surface area contributed by atoms with E-state index in [4.69, 9.17) is 9.26 Å². The fourth-order valence-corrected chi connectivity index (χ4v) is 3.93. The molecule has 1 aromatic carbocycles. The Labute approximate surface area is 217 Å². The van der Waals surface area contributed by atoms with Crippen molar-refractivity contribution in [3.05, 3.63) is 50.4 Å². The van der Waals surface area contributed by atoms with Gasteiger partial charge in [-0.2, -0.15) is 0 Å². The van der Waals surface area contributed by atoms with Crippen LogP contribution in [-0.4, -0.2) is 24.0 Å². The first-order valence-corrected chi connectivity index (χ1v) is 11.2. The van der Waals surface area contributed by atoms with Crippen LogP contribution < -0.4 is 0 Å². The van der Waals surface area contributed by atoms with Gasteiger partial charge in [0.25, 0.3) is 0 Å². The summed E-state index contributed by atoms with van der Waals surface area (Å²) in [6.45, 7) is 18.4. The minimum atomic E-state index is -0.281. The van der Waals surface area contributed by atoms with E-state index in [2.05, 4.69) is 39.8 Å². The normalized spacial score (nSPS) is 11.2. The first kappa shape index (κ1) is 30.6. The van der Waals surface area contributed by atoms with Gasteiger partial charge in [-0.3, -0.25) is 9.59 Å². The molecule has 176 valence electrons. The van der Waals surface area contributed by atoms with Gasteiger partial charge in [-0.05, 0) is 88.3 Å². The van der Waals surface area contributed by atoms with Crippen molar-refractivity contribution in [2.45, 2.75) is 93.9 Å². The van der Waals surface area contributed by atoms with E-state index in [0.717, 1.165) is 22.6 Å². The second kappa shape index (κ2) is 14.0. The zero-order chi connectivity index (χ0) is 23.9. The molecule has 0 radical (unpaired) electrons. The van der Waals surface area contributed by atoms with Crippen LogP contribution >= 0.6 is 0 Å². The summed E-state index contributed by atoms with van der Waals surface area (Å²) in [6.07, 6.45) is 1.48. The van der Waals surface area contributed by atoms with E-state index in [9.17, 15) is 9.59 Å². The average molecular weight is 668 g/mol. The van der Waals surface area contributed by atoms with E-state index in [1.165, 1.54) is 34.9 Å². The number of aryl methyl sites for hydroxylation is 1. The number of carbonyl (C=O) groups is 2. The summed E-state index contributed by atoms with van der Waals surface area (Å²) in [4.78, 5) is 24.7. The minimum Gasteiger partial charge on any atom is -0.469 e. The Morgan fingerprint density at radius 3 is 1.81 bits per heavy atom. The Bertz CT molecular complexity index is 901. The van der Waals surface area contributed by atoms with Gasteiger partial charge in [0.15, 0.2) is 0 Å². The third kappa shape index (κ3) is 7.32. The summed E-state index contributed by atoms with van der Waals surface area (Å²) in [5.41, 5.74) is 9.02. The molecule has 6 heteroatoms. The molecule has 1 unspecified atom stereocenters. The maximum atomic E-state index is 13.1. The fraction of sp³-hybridized carbons (Fsp3) is 0.577. The van der Waals surface area contributed by atoms with Gasteiger partial charge in [0, 0.05) is 61.9 Å². The molecule has 0 aliphatic rings. The first-order chi connectivity index (χ1) is 14.6. The molecule has 0 bridgehead atoms. The molecule has 2 aromatic rings. The molecular formula is C26H39NO4U. The molecule has 2 rings (SSSR count). The Morgan fingerprint density at radius 2 is 1.38 bits per heavy atom. The third-order valence-electron chi connectivity index (χ3n) is 6.51. The number of ether oxygens (including phenoxy) is 1. The number of Topliss-reactive ketones (excluding diaryl/α,β-unsaturated/α-hetero) is 1. The topological polar surface area (TPSA) is 69.4 Å². The van der Waals surface area contributed by atoms with Crippen molar-refractivity contribution in [2.75, 3.05) is 7.11 Å². The summed E-state index contributed by atoms with van der Waals surface area (Å²) in [7, 11) is 1.38. The van der Waals surface area contributed by atoms with Gasteiger partial charge in [0.1, 0.15) is 11.5 Å². The van der Waals surface area contributed by atoms with Crippen molar-refractivity contribution in [1.29, 1.82) is 0 Å². The van der Waals surface area contributed by atoms with Crippen LogP contribution in [0.5, 0.6) is 0 Å². The number of benzene rings is 1. The van der Waals surface area contributed by atoms with E-state index in [-0.39, 0.29) is 55.2 Å². The molecule has 32 heavy (non-hydrogen) atoms. The van der Waals surface area contributed by atoms with Crippen LogP contribution in [0.1, 0.15) is 89.4 Å². The number of rotatable bonds is 8. The van der Waals surface area contributed by atoms with E-state index in [0.29, 0.717) is 19.3 Å². The van der Waals surface area contributed by atoms with Crippen molar-refractivity contribution in [1.82, 2.24) is 5.16 Å². The Morgan fingerprint density at radius 1 is 0.875 bits per heavy atom. The van der Waals surface area contributed by atoms with Crippen LogP contribution in [0.15, 0.2) is 4.52 Å². The molecule has 0 aliphatic heterocycles. The van der Waals surface area contributed by atoms with Crippen molar-refractivity contribution in [3.8, 4) is 0 Å². The van der Waals surface area contributed by atoms with Gasteiger partial charge in [-0.1, -0.05) is 19.0 Å². The molecular weight excluding hydrogens is 628 g/mol. The van der Waals surface area contributed by atoms with Crippen LogP contribution in [0.4, 0.5) is 0 Å². The second-order valence-electron chi connectivity index (χ2n) is 8.08. The maximum Gasteiger partial charge on any atom is 0.305 e. The van der Waals surface area contributed by atoms with Crippen LogP contribution in [-0.2, 0) is 20.7 Å². The molecule has 0 N–H and O–H groups in total. The van der Waals surface area contributed by atoms with E-state index < -0.39 is 0 Å². The number of esters is 1. The van der Waals surface area contributed by atoms with Gasteiger partial charge in [0.05, 0.1) is 12.8 Å². The summed E-state index contributed by atoms with van der Waals surface area (Å²) >= 11 is 0. The number of ketones is 1. The maximum absolute atomic E-state index is 13.1. The fourth-order valence-electron chi connectivity index (χ4n) is 3.93. The monoisotopic (exact) mass is 667 g/mol. The van der Waals surface area contributed by atoms with Crippen LogP contribution in [0, 0.1) is 79.6 Å². The molecule has 1 atom stereocenters. The Balaban J connectivity index is 0.00000311. The molecule has 0 spiro atoms. The van der Waals surface area contributed by atoms with E-state index in [1.807, 2.05) is 27.7 Å². The van der Waals surface area contributed by atoms with Crippen molar-refractivity contribution >= 4 is 11.8 Å². The van der Waals surface area contributed by atoms with Gasteiger partial charge < -0.3 is 9.26 Å². The van der Waals surface area contributed by atoms with Crippen LogP contribution in [0.25, 0.3) is 0 Å². The number of carbonyl (C=O) groups excluding carboxylic acids is 2. The predicted octanol–water partition coefficient (Wildman–Crippen LogP) is 6.10. The third-order valence-corrected chi connectivity index (χ3v) is 6.51. The SMILES string of the molecule is CC.COC(=O)CCC(CC(=O)Cc1c(C)c(C)c(C)c(C)c1C)c1noc(C)c1C.[U]. The zero-order valence-electron chi connectivity index (χ0n) is 21.5. The quantitative estimate of drug-likeness (QED) is 0.319. The average Bonchev–Trinajstić information content (AvgIpc) is 3.10. The first-order valence-electron chi connectivity index (χ1n) is 11.2. The second-order valence-corrected chi connectivity index (χ2v) is 8.08. The summed E-state index contributed by atoms with van der Waals surface area (Å²) in [5, 5.41) is 4.18. The predicted molar refractivity (Wildman–Crippen MR) is 125 cm³/mol. The number of nitrogens with zero attached hydrogens (tertiary/aromatic N) is 1. The smallest absolute Gasteiger partial charge is 0.305 e. The standard InChI is InChI=1S/C24H33NO4.C2H6.U/c1-13-14(2)16(4)22(17(5)15(13)3)12-21(26)11-20(9-10-23(27)28-8)24-18(6)19(7)29-25-24;1-2;/h20H,9-12H2,1-8H3;1-2H3;. The van der Waals surface area contributed by atoms with Gasteiger partial charge in [-0.15, -0.1) is 0 Å². The van der Waals surface area contributed by atoms with Crippen LogP contribution in [0.3, 0.4) is 0 Å². The summed E-state index contributed by atoms with van der Waals surface area (Å²) in [5.74, 6) is 0.449. The van der Waals surface area contributed by atoms with E-state index >= 15 is 0 Å². The molecule has 0 saturated carbocycles. The number of hydrogen-bond donors (Lipinski definition) is 0. The largest absolute Gasteiger partial charge is 0.469 e. The number of aromatic nitrogens is 1. The van der Waals surface area contributed by atoms with Crippen molar-refractivity contribution in [3.63, 3.8) is 0 Å². The summed E-state index contributed by atoms with van der Waals surface area (Å²) in [6, 6.07) is 0. The van der Waals surface area contributed by atoms with Crippen molar-refractivity contribution in [2.24, 2.45) is 0 Å². The molecule has 0 amide bonds. The molecule has 5 nitrogen and oxygen atoms in total. The van der Waals surface area contributed by atoms with Crippen LogP contribution in [0.2, 0.25) is 0 Å². The molecule has 0 saturated heterocycles. The van der Waals surface area contributed by atoms with Gasteiger partial charge in [0.2, 0.25) is 0 Å². The molecule has 1 heterocycles. The number of hydrogen-bond acceptors (Lipinski definition) is 5. The Hall–Kier alpha value is -1.38. The number of methoxy groups -OCH3 is 1. The minimum absolute atomic E-state index is 0. The molecule has 0 aliphatic carbocycles. The van der Waals surface area contributed by atoms with Gasteiger partial charge >= 0.3 is 5.97 Å². The molecule has 0 fully saturated rings. The van der Waals surface area contributed by atoms with Crippen molar-refractivity contribution < 1.29 is 50.0 Å². The van der Waals surface area contributed by atoms with Gasteiger partial charge in [-0.25, -0.2) is 0 Å². The summed E-state index contributed by atoms with van der Waals surface area (Å²) < 4.78 is 10.1. The Kier molecular flexibility index (Phi) is 13.4. The zero-order valence-corrected chi connectivity index (χ0v) is 25.6. The molecule has 1 aromatic heterocycles.